The van der Waals surface area contributed by atoms with Gasteiger partial charge in [0.25, 0.3) is 0 Å². The van der Waals surface area contributed by atoms with Gasteiger partial charge in [0.05, 0.1) is 20.3 Å². The summed E-state index contributed by atoms with van der Waals surface area (Å²) in [7, 11) is 1.67. The summed E-state index contributed by atoms with van der Waals surface area (Å²) in [6, 6.07) is 12.2. The van der Waals surface area contributed by atoms with Crippen molar-refractivity contribution in [3.8, 4) is 5.75 Å². The summed E-state index contributed by atoms with van der Waals surface area (Å²) in [6.45, 7) is 3.28. The number of hydrogen-bond acceptors (Lipinski definition) is 4. The molecule has 1 N–H and O–H groups in total. The second-order valence-electron chi connectivity index (χ2n) is 4.48. The van der Waals surface area contributed by atoms with Crippen LogP contribution in [0.3, 0.4) is 0 Å². The maximum Gasteiger partial charge on any atom is 0.118 e. The summed E-state index contributed by atoms with van der Waals surface area (Å²) >= 11 is 1.81. The smallest absolute Gasteiger partial charge is 0.118 e. The lowest BCUT2D eigenvalue weighted by atomic mass is 10.2. The molecule has 0 aliphatic carbocycles. The average Bonchev–Trinajstić information content (AvgIpc) is 3.00. The third-order valence-electron chi connectivity index (χ3n) is 2.98. The van der Waals surface area contributed by atoms with E-state index in [0.29, 0.717) is 6.61 Å². The van der Waals surface area contributed by atoms with Gasteiger partial charge in [0.15, 0.2) is 0 Å². The van der Waals surface area contributed by atoms with E-state index in [1.165, 1.54) is 10.4 Å². The quantitative estimate of drug-likeness (QED) is 0.720. The Bertz CT molecular complexity index is 468. The molecule has 0 bridgehead atoms. The van der Waals surface area contributed by atoms with Crippen molar-refractivity contribution in [3.05, 3.63) is 52.2 Å². The molecule has 3 nitrogen and oxygen atoms in total. The fraction of sp³-hybridized carbons (Fsp3) is 0.375. The molecular formula is C16H21NO2S. The van der Waals surface area contributed by atoms with Crippen molar-refractivity contribution < 1.29 is 9.47 Å². The lowest BCUT2D eigenvalue weighted by molar-refractivity contribution is 0.123. The molecule has 0 atom stereocenters. The topological polar surface area (TPSA) is 30.5 Å². The van der Waals surface area contributed by atoms with E-state index in [9.17, 15) is 0 Å². The highest BCUT2D eigenvalue weighted by Crippen LogP contribution is 2.11. The number of ether oxygens (including phenoxy) is 2. The largest absolute Gasteiger partial charge is 0.497 e. The van der Waals surface area contributed by atoms with Gasteiger partial charge in [-0.1, -0.05) is 18.2 Å². The molecule has 0 spiro atoms. The van der Waals surface area contributed by atoms with Crippen molar-refractivity contribution in [1.82, 2.24) is 5.32 Å². The van der Waals surface area contributed by atoms with Crippen LogP contribution >= 0.6 is 11.3 Å². The molecule has 108 valence electrons. The van der Waals surface area contributed by atoms with Crippen molar-refractivity contribution >= 4 is 11.3 Å². The predicted octanol–water partition coefficient (Wildman–Crippen LogP) is 3.11. The van der Waals surface area contributed by atoms with Crippen LogP contribution in [0.15, 0.2) is 41.8 Å². The fourth-order valence-electron chi connectivity index (χ4n) is 1.85. The Hall–Kier alpha value is -1.36. The van der Waals surface area contributed by atoms with Crippen LogP contribution in [0.2, 0.25) is 0 Å². The van der Waals surface area contributed by atoms with E-state index in [1.54, 1.807) is 7.11 Å². The SMILES string of the molecule is COc1ccc(COCCNCCc2cccs2)cc1. The molecule has 0 aliphatic heterocycles. The van der Waals surface area contributed by atoms with Gasteiger partial charge in [-0.05, 0) is 35.6 Å². The van der Waals surface area contributed by atoms with Crippen LogP contribution in [0.25, 0.3) is 0 Å². The predicted molar refractivity (Wildman–Crippen MR) is 83.5 cm³/mol. The van der Waals surface area contributed by atoms with Crippen LogP contribution in [-0.4, -0.2) is 26.8 Å². The molecule has 0 amide bonds. The van der Waals surface area contributed by atoms with Crippen molar-refractivity contribution in [3.63, 3.8) is 0 Å². The molecule has 2 rings (SSSR count). The van der Waals surface area contributed by atoms with Gasteiger partial charge in [-0.15, -0.1) is 11.3 Å². The molecule has 0 saturated carbocycles. The first kappa shape index (κ1) is 15.0. The Kier molecular flexibility index (Phi) is 6.57. The van der Waals surface area contributed by atoms with Crippen LogP contribution in [0.4, 0.5) is 0 Å². The molecule has 0 fully saturated rings. The zero-order chi connectivity index (χ0) is 14.0. The minimum Gasteiger partial charge on any atom is -0.497 e. The first-order chi connectivity index (χ1) is 9.88. The fourth-order valence-corrected chi connectivity index (χ4v) is 2.56. The van der Waals surface area contributed by atoms with Gasteiger partial charge < -0.3 is 14.8 Å². The number of hydrogen-bond donors (Lipinski definition) is 1. The van der Waals surface area contributed by atoms with E-state index >= 15 is 0 Å². The monoisotopic (exact) mass is 291 g/mol. The summed E-state index contributed by atoms with van der Waals surface area (Å²) in [5.41, 5.74) is 1.17. The molecule has 0 unspecified atom stereocenters. The van der Waals surface area contributed by atoms with Crippen LogP contribution in [0.1, 0.15) is 10.4 Å². The Balaban J connectivity index is 1.50. The van der Waals surface area contributed by atoms with Crippen LogP contribution in [-0.2, 0) is 17.8 Å². The molecule has 0 aliphatic rings. The highest BCUT2D eigenvalue weighted by Gasteiger charge is 1.96. The van der Waals surface area contributed by atoms with Gasteiger partial charge in [-0.2, -0.15) is 0 Å². The van der Waals surface area contributed by atoms with Gasteiger partial charge in [0, 0.05) is 18.0 Å². The zero-order valence-corrected chi connectivity index (χ0v) is 12.6. The first-order valence-electron chi connectivity index (χ1n) is 6.82. The number of rotatable bonds is 9. The number of nitrogens with one attached hydrogen (secondary N) is 1. The zero-order valence-electron chi connectivity index (χ0n) is 11.8. The van der Waals surface area contributed by atoms with Crippen molar-refractivity contribution in [1.29, 1.82) is 0 Å². The van der Waals surface area contributed by atoms with E-state index in [-0.39, 0.29) is 0 Å². The molecule has 2 aromatic rings. The second-order valence-corrected chi connectivity index (χ2v) is 5.51. The van der Waals surface area contributed by atoms with Gasteiger partial charge in [-0.25, -0.2) is 0 Å². The minimum absolute atomic E-state index is 0.649. The Morgan fingerprint density at radius 2 is 1.95 bits per heavy atom. The van der Waals surface area contributed by atoms with Crippen molar-refractivity contribution in [2.24, 2.45) is 0 Å². The lowest BCUT2D eigenvalue weighted by Gasteiger charge is -2.06. The molecule has 4 heteroatoms. The summed E-state index contributed by atoms with van der Waals surface area (Å²) in [5.74, 6) is 0.879. The highest BCUT2D eigenvalue weighted by molar-refractivity contribution is 7.09. The van der Waals surface area contributed by atoms with Crippen molar-refractivity contribution in [2.75, 3.05) is 26.8 Å². The third-order valence-corrected chi connectivity index (χ3v) is 3.92. The molecule has 20 heavy (non-hydrogen) atoms. The third kappa shape index (κ3) is 5.33. The molecular weight excluding hydrogens is 270 g/mol. The molecule has 0 saturated heterocycles. The molecule has 1 aromatic carbocycles. The Labute approximate surface area is 124 Å². The molecule has 1 heterocycles. The average molecular weight is 291 g/mol. The molecule has 0 radical (unpaired) electrons. The molecule has 1 aromatic heterocycles. The maximum atomic E-state index is 5.63. The Morgan fingerprint density at radius 3 is 2.65 bits per heavy atom. The summed E-state index contributed by atoms with van der Waals surface area (Å²) < 4.78 is 10.7. The van der Waals surface area contributed by atoms with E-state index in [1.807, 2.05) is 35.6 Å². The highest BCUT2D eigenvalue weighted by atomic mass is 32.1. The number of benzene rings is 1. The minimum atomic E-state index is 0.649. The van der Waals surface area contributed by atoms with E-state index in [2.05, 4.69) is 22.8 Å². The number of thiophene rings is 1. The lowest BCUT2D eigenvalue weighted by Crippen LogP contribution is -2.21. The van der Waals surface area contributed by atoms with Gasteiger partial charge in [-0.3, -0.25) is 0 Å². The van der Waals surface area contributed by atoms with Crippen LogP contribution in [0.5, 0.6) is 5.75 Å². The van der Waals surface area contributed by atoms with Gasteiger partial charge in [0.2, 0.25) is 0 Å². The van der Waals surface area contributed by atoms with Gasteiger partial charge in [0.1, 0.15) is 5.75 Å². The van der Waals surface area contributed by atoms with Crippen molar-refractivity contribution in [2.45, 2.75) is 13.0 Å². The normalized spacial score (nSPS) is 10.7. The van der Waals surface area contributed by atoms with E-state index < -0.39 is 0 Å². The summed E-state index contributed by atoms with van der Waals surface area (Å²) in [4.78, 5) is 1.43. The van der Waals surface area contributed by atoms with Crippen LogP contribution in [0, 0.1) is 0 Å². The summed E-state index contributed by atoms with van der Waals surface area (Å²) in [6.07, 6.45) is 1.09. The van der Waals surface area contributed by atoms with Gasteiger partial charge >= 0.3 is 0 Å². The van der Waals surface area contributed by atoms with Crippen LogP contribution < -0.4 is 10.1 Å². The number of methoxy groups -OCH3 is 1. The maximum absolute atomic E-state index is 5.63. The van der Waals surface area contributed by atoms with E-state index in [4.69, 9.17) is 9.47 Å². The summed E-state index contributed by atoms with van der Waals surface area (Å²) in [5, 5.41) is 5.51. The first-order valence-corrected chi connectivity index (χ1v) is 7.70. The van der Waals surface area contributed by atoms with E-state index in [0.717, 1.165) is 31.9 Å². The second kappa shape index (κ2) is 8.74. The Morgan fingerprint density at radius 1 is 1.10 bits per heavy atom. The standard InChI is InChI=1S/C16H21NO2S/c1-18-15-6-4-14(5-7-15)13-19-11-10-17-9-8-16-3-2-12-20-16/h2-7,12,17H,8-11,13H2,1H3.